The molecule has 2 rings (SSSR count). The van der Waals surface area contributed by atoms with Gasteiger partial charge in [0.15, 0.2) is 0 Å². The highest BCUT2D eigenvalue weighted by Crippen LogP contribution is 2.26. The van der Waals surface area contributed by atoms with Gasteiger partial charge in [0.05, 0.1) is 5.25 Å². The monoisotopic (exact) mass is 260 g/mol. The average molecular weight is 260 g/mol. The molecule has 0 aromatic carbocycles. The zero-order valence-electron chi connectivity index (χ0n) is 9.52. The third kappa shape index (κ3) is 2.43. The molecule has 0 radical (unpaired) electrons. The molecule has 96 valence electrons. The molecule has 0 aromatic heterocycles. The van der Waals surface area contributed by atoms with Crippen LogP contribution in [0.3, 0.4) is 0 Å². The molecule has 0 spiro atoms. The number of carbonyl (C=O) groups excluding carboxylic acids is 2. The molecule has 0 bridgehead atoms. The van der Waals surface area contributed by atoms with Crippen LogP contribution in [0.25, 0.3) is 0 Å². The number of hydrogen-bond donors (Lipinski definition) is 1. The number of hydrogen-bond acceptors (Lipinski definition) is 4. The van der Waals surface area contributed by atoms with Gasteiger partial charge in [-0.05, 0) is 12.8 Å². The Morgan fingerprint density at radius 1 is 1.06 bits per heavy atom. The third-order valence-corrected chi connectivity index (χ3v) is 5.51. The molecule has 2 aliphatic rings. The number of sulfonamides is 1. The summed E-state index contributed by atoms with van der Waals surface area (Å²) in [7, 11) is -3.67. The van der Waals surface area contributed by atoms with E-state index in [0.29, 0.717) is 17.1 Å². The van der Waals surface area contributed by atoms with Gasteiger partial charge in [-0.15, -0.1) is 0 Å². The topological polar surface area (TPSA) is 83.6 Å². The predicted molar refractivity (Wildman–Crippen MR) is 60.7 cm³/mol. The zero-order chi connectivity index (χ0) is 12.5. The number of rotatable bonds is 2. The highest BCUT2D eigenvalue weighted by atomic mass is 32.2. The Labute approximate surface area is 100 Å². The summed E-state index contributed by atoms with van der Waals surface area (Å²) in [6.45, 7) is -0.363. The van der Waals surface area contributed by atoms with Gasteiger partial charge in [-0.1, -0.05) is 25.7 Å². The van der Waals surface area contributed by atoms with Crippen LogP contribution in [-0.2, 0) is 14.8 Å². The normalized spacial score (nSPS) is 23.6. The third-order valence-electron chi connectivity index (χ3n) is 3.29. The van der Waals surface area contributed by atoms with Crippen LogP contribution in [0.15, 0.2) is 0 Å². The number of urea groups is 1. The van der Waals surface area contributed by atoms with E-state index in [9.17, 15) is 18.0 Å². The first kappa shape index (κ1) is 12.3. The summed E-state index contributed by atoms with van der Waals surface area (Å²) in [5.74, 6) is -0.549. The second kappa shape index (κ2) is 4.64. The summed E-state index contributed by atoms with van der Waals surface area (Å²) in [6, 6.07) is -0.806. The largest absolute Gasteiger partial charge is 0.338 e. The van der Waals surface area contributed by atoms with Crippen LogP contribution in [0.2, 0.25) is 0 Å². The molecule has 1 heterocycles. The Morgan fingerprint density at radius 2 is 1.65 bits per heavy atom. The highest BCUT2D eigenvalue weighted by Gasteiger charge is 2.40. The Hall–Kier alpha value is -1.11. The van der Waals surface area contributed by atoms with Gasteiger partial charge < -0.3 is 0 Å². The Bertz CT molecular complexity index is 424. The molecule has 0 atom stereocenters. The molecule has 1 N–H and O–H groups in total. The first-order valence-electron chi connectivity index (χ1n) is 5.87. The number of nitrogens with one attached hydrogen (secondary N) is 1. The maximum atomic E-state index is 12.2. The highest BCUT2D eigenvalue weighted by molar-refractivity contribution is 7.90. The van der Waals surface area contributed by atoms with Crippen molar-refractivity contribution < 1.29 is 18.0 Å². The summed E-state index contributed by atoms with van der Waals surface area (Å²) in [5.41, 5.74) is 0. The fourth-order valence-corrected chi connectivity index (χ4v) is 4.21. The molecule has 0 aromatic rings. The van der Waals surface area contributed by atoms with Crippen molar-refractivity contribution in [2.75, 3.05) is 6.54 Å². The van der Waals surface area contributed by atoms with Crippen molar-refractivity contribution in [1.29, 1.82) is 0 Å². The Kier molecular flexibility index (Phi) is 3.37. The van der Waals surface area contributed by atoms with E-state index < -0.39 is 27.2 Å². The van der Waals surface area contributed by atoms with Crippen LogP contribution in [0.5, 0.6) is 0 Å². The number of carbonyl (C=O) groups is 2. The summed E-state index contributed by atoms with van der Waals surface area (Å²) >= 11 is 0. The molecule has 6 nitrogen and oxygen atoms in total. The van der Waals surface area contributed by atoms with Gasteiger partial charge in [0, 0.05) is 0 Å². The minimum absolute atomic E-state index is 0.363. The fraction of sp³-hybridized carbons (Fsp3) is 0.800. The number of amides is 3. The standard InChI is InChI=1S/C10H16N2O4S/c13-9-7-12(10(14)11-9)17(15,16)8-5-3-1-2-4-6-8/h8H,1-7H2,(H,11,13,14). The fourth-order valence-electron chi connectivity index (χ4n) is 2.35. The van der Waals surface area contributed by atoms with Gasteiger partial charge in [0.1, 0.15) is 6.54 Å². The lowest BCUT2D eigenvalue weighted by Gasteiger charge is -2.21. The van der Waals surface area contributed by atoms with Crippen molar-refractivity contribution in [3.05, 3.63) is 0 Å². The Morgan fingerprint density at radius 3 is 2.12 bits per heavy atom. The Balaban J connectivity index is 2.17. The summed E-state index contributed by atoms with van der Waals surface area (Å²) < 4.78 is 25.1. The second-order valence-corrected chi connectivity index (χ2v) is 6.66. The van der Waals surface area contributed by atoms with Gasteiger partial charge in [0.2, 0.25) is 15.9 Å². The maximum absolute atomic E-state index is 12.2. The number of imide groups is 1. The van der Waals surface area contributed by atoms with E-state index in [1.807, 2.05) is 5.32 Å². The van der Waals surface area contributed by atoms with Gasteiger partial charge >= 0.3 is 6.03 Å². The van der Waals surface area contributed by atoms with E-state index in [4.69, 9.17) is 0 Å². The van der Waals surface area contributed by atoms with Gasteiger partial charge in [-0.25, -0.2) is 17.5 Å². The summed E-state index contributed by atoms with van der Waals surface area (Å²) in [6.07, 6.45) is 4.98. The average Bonchev–Trinajstić information content (AvgIpc) is 2.52. The molecule has 17 heavy (non-hydrogen) atoms. The lowest BCUT2D eigenvalue weighted by molar-refractivity contribution is -0.118. The van der Waals surface area contributed by atoms with E-state index in [2.05, 4.69) is 0 Å². The van der Waals surface area contributed by atoms with Crippen molar-refractivity contribution in [3.63, 3.8) is 0 Å². The minimum Gasteiger partial charge on any atom is -0.276 e. The van der Waals surface area contributed by atoms with Crippen LogP contribution in [0, 0.1) is 0 Å². The smallest absolute Gasteiger partial charge is 0.276 e. The number of nitrogens with zero attached hydrogens (tertiary/aromatic N) is 1. The van der Waals surface area contributed by atoms with Crippen molar-refractivity contribution in [2.24, 2.45) is 0 Å². The molecule has 1 aliphatic heterocycles. The van der Waals surface area contributed by atoms with Crippen LogP contribution >= 0.6 is 0 Å². The van der Waals surface area contributed by atoms with Crippen molar-refractivity contribution in [1.82, 2.24) is 9.62 Å². The van der Waals surface area contributed by atoms with Crippen LogP contribution in [-0.4, -0.2) is 36.5 Å². The lowest BCUT2D eigenvalue weighted by Crippen LogP contribution is -2.40. The molecule has 3 amide bonds. The maximum Gasteiger partial charge on any atom is 0.338 e. The quantitative estimate of drug-likeness (QED) is 0.582. The van der Waals surface area contributed by atoms with Crippen molar-refractivity contribution >= 4 is 22.0 Å². The summed E-state index contributed by atoms with van der Waals surface area (Å²) in [4.78, 5) is 22.4. The molecule has 1 saturated carbocycles. The van der Waals surface area contributed by atoms with E-state index in [0.717, 1.165) is 25.7 Å². The van der Waals surface area contributed by atoms with E-state index in [1.165, 1.54) is 0 Å². The SMILES string of the molecule is O=C1CN(S(=O)(=O)C2CCCCCC2)C(=O)N1. The van der Waals surface area contributed by atoms with E-state index in [-0.39, 0.29) is 6.54 Å². The molecular weight excluding hydrogens is 244 g/mol. The molecule has 1 saturated heterocycles. The van der Waals surface area contributed by atoms with Crippen LogP contribution < -0.4 is 5.32 Å². The van der Waals surface area contributed by atoms with Crippen LogP contribution in [0.1, 0.15) is 38.5 Å². The van der Waals surface area contributed by atoms with Crippen LogP contribution in [0.4, 0.5) is 4.79 Å². The zero-order valence-corrected chi connectivity index (χ0v) is 10.3. The van der Waals surface area contributed by atoms with E-state index in [1.54, 1.807) is 0 Å². The second-order valence-electron chi connectivity index (χ2n) is 4.52. The van der Waals surface area contributed by atoms with Gasteiger partial charge in [-0.3, -0.25) is 10.1 Å². The lowest BCUT2D eigenvalue weighted by atomic mass is 10.2. The molecule has 7 heteroatoms. The van der Waals surface area contributed by atoms with Gasteiger partial charge in [0.25, 0.3) is 0 Å². The molecule has 2 fully saturated rings. The summed E-state index contributed by atoms with van der Waals surface area (Å²) in [5, 5.41) is 1.48. The van der Waals surface area contributed by atoms with Crippen molar-refractivity contribution in [2.45, 2.75) is 43.8 Å². The van der Waals surface area contributed by atoms with E-state index >= 15 is 0 Å². The van der Waals surface area contributed by atoms with Crippen molar-refractivity contribution in [3.8, 4) is 0 Å². The molecule has 1 aliphatic carbocycles. The first-order chi connectivity index (χ1) is 8.01. The first-order valence-corrected chi connectivity index (χ1v) is 7.37. The molecule has 0 unspecified atom stereocenters. The van der Waals surface area contributed by atoms with Gasteiger partial charge in [-0.2, -0.15) is 0 Å². The predicted octanol–water partition coefficient (Wildman–Crippen LogP) is 0.591. The minimum atomic E-state index is -3.67. The molecular formula is C10H16N2O4S.